The summed E-state index contributed by atoms with van der Waals surface area (Å²) in [5.41, 5.74) is 1.52. The van der Waals surface area contributed by atoms with Crippen LogP contribution in [-0.4, -0.2) is 23.5 Å². The number of carbonyl (C=O) groups excluding carboxylic acids is 2. The van der Waals surface area contributed by atoms with Crippen LogP contribution in [0, 0.1) is 6.92 Å². The summed E-state index contributed by atoms with van der Waals surface area (Å²) in [6, 6.07) is 1.92. The second-order valence-electron chi connectivity index (χ2n) is 4.03. The molecule has 0 aliphatic rings. The smallest absolute Gasteiger partial charge is 0.350 e. The molecule has 21 heavy (non-hydrogen) atoms. The average molecular weight is 322 g/mol. The molecule has 1 N–H and O–H groups in total. The van der Waals surface area contributed by atoms with E-state index < -0.39 is 5.97 Å². The molecule has 2 aromatic heterocycles. The Balaban J connectivity index is 2.01. The van der Waals surface area contributed by atoms with Crippen molar-refractivity contribution in [1.29, 1.82) is 0 Å². The number of hydrogen-bond donors (Lipinski definition) is 1. The maximum Gasteiger partial charge on any atom is 0.350 e. The van der Waals surface area contributed by atoms with Crippen molar-refractivity contribution in [2.45, 2.75) is 13.8 Å². The Morgan fingerprint density at radius 3 is 2.95 bits per heavy atom. The summed E-state index contributed by atoms with van der Waals surface area (Å²) in [6.07, 6.45) is 3.15. The van der Waals surface area contributed by atoms with E-state index in [4.69, 9.17) is 4.74 Å². The van der Waals surface area contributed by atoms with E-state index in [0.717, 1.165) is 16.9 Å². The molecule has 0 aromatic carbocycles. The fourth-order valence-corrected chi connectivity index (χ4v) is 3.02. The van der Waals surface area contributed by atoms with Crippen LogP contribution in [0.1, 0.15) is 27.9 Å². The number of rotatable bonds is 5. The first-order valence-electron chi connectivity index (χ1n) is 6.26. The van der Waals surface area contributed by atoms with Crippen LogP contribution in [0.25, 0.3) is 6.08 Å². The van der Waals surface area contributed by atoms with Gasteiger partial charge >= 0.3 is 5.97 Å². The molecule has 0 saturated carbocycles. The topological polar surface area (TPSA) is 68.3 Å². The maximum absolute atomic E-state index is 11.8. The molecule has 1 amide bonds. The second-order valence-corrected chi connectivity index (χ2v) is 5.81. The Morgan fingerprint density at radius 2 is 2.29 bits per heavy atom. The van der Waals surface area contributed by atoms with Crippen molar-refractivity contribution in [3.63, 3.8) is 0 Å². The number of carbonyl (C=O) groups is 2. The zero-order valence-corrected chi connectivity index (χ0v) is 13.2. The van der Waals surface area contributed by atoms with Crippen LogP contribution in [0.5, 0.6) is 0 Å². The summed E-state index contributed by atoms with van der Waals surface area (Å²) in [4.78, 5) is 28.0. The van der Waals surface area contributed by atoms with Gasteiger partial charge in [0.25, 0.3) is 0 Å². The van der Waals surface area contributed by atoms with Crippen LogP contribution >= 0.6 is 22.7 Å². The summed E-state index contributed by atoms with van der Waals surface area (Å²) >= 11 is 2.67. The first kappa shape index (κ1) is 15.4. The fraction of sp³-hybridized carbons (Fsp3) is 0.214. The molecule has 0 aliphatic heterocycles. The van der Waals surface area contributed by atoms with Crippen LogP contribution in [0.4, 0.5) is 5.13 Å². The highest BCUT2D eigenvalue weighted by Gasteiger charge is 2.16. The van der Waals surface area contributed by atoms with E-state index in [1.807, 2.05) is 16.8 Å². The molecule has 0 saturated heterocycles. The number of aryl methyl sites for hydroxylation is 1. The lowest BCUT2D eigenvalue weighted by Gasteiger charge is -1.97. The molecular weight excluding hydrogens is 308 g/mol. The molecule has 0 unspecified atom stereocenters. The molecule has 0 aliphatic carbocycles. The third kappa shape index (κ3) is 4.24. The number of thiophene rings is 1. The van der Waals surface area contributed by atoms with Gasteiger partial charge in [0, 0.05) is 6.08 Å². The van der Waals surface area contributed by atoms with Gasteiger partial charge in [-0.3, -0.25) is 10.1 Å². The van der Waals surface area contributed by atoms with Crippen molar-refractivity contribution in [1.82, 2.24) is 4.98 Å². The summed E-state index contributed by atoms with van der Waals surface area (Å²) < 4.78 is 4.93. The highest BCUT2D eigenvalue weighted by atomic mass is 32.1. The SMILES string of the molecule is CCOC(=O)c1sc(NC(=O)/C=C/c2ccsc2)nc1C. The minimum absolute atomic E-state index is 0.287. The Kier molecular flexibility index (Phi) is 5.24. The lowest BCUT2D eigenvalue weighted by molar-refractivity contribution is -0.111. The van der Waals surface area contributed by atoms with E-state index >= 15 is 0 Å². The Bertz CT molecular complexity index is 660. The molecule has 0 radical (unpaired) electrons. The molecule has 110 valence electrons. The molecule has 0 fully saturated rings. The zero-order valence-electron chi connectivity index (χ0n) is 11.6. The minimum atomic E-state index is -0.415. The van der Waals surface area contributed by atoms with Crippen LogP contribution in [0.15, 0.2) is 22.9 Å². The number of aromatic nitrogens is 1. The van der Waals surface area contributed by atoms with Crippen LogP contribution < -0.4 is 5.32 Å². The van der Waals surface area contributed by atoms with E-state index in [-0.39, 0.29) is 5.91 Å². The van der Waals surface area contributed by atoms with Gasteiger partial charge in [0.05, 0.1) is 12.3 Å². The number of hydrogen-bond acceptors (Lipinski definition) is 6. The lowest BCUT2D eigenvalue weighted by Crippen LogP contribution is -2.07. The molecule has 0 bridgehead atoms. The van der Waals surface area contributed by atoms with E-state index in [0.29, 0.717) is 22.3 Å². The highest BCUT2D eigenvalue weighted by molar-refractivity contribution is 7.17. The van der Waals surface area contributed by atoms with Crippen molar-refractivity contribution < 1.29 is 14.3 Å². The molecule has 2 rings (SSSR count). The van der Waals surface area contributed by atoms with Gasteiger partial charge in [-0.1, -0.05) is 11.3 Å². The predicted octanol–water partition coefficient (Wildman–Crippen LogP) is 3.34. The maximum atomic E-state index is 11.8. The van der Waals surface area contributed by atoms with Gasteiger partial charge in [-0.2, -0.15) is 11.3 Å². The first-order valence-corrected chi connectivity index (χ1v) is 8.02. The highest BCUT2D eigenvalue weighted by Crippen LogP contribution is 2.23. The Hall–Kier alpha value is -1.99. The molecule has 0 atom stereocenters. The molecule has 2 aromatic rings. The van der Waals surface area contributed by atoms with Crippen molar-refractivity contribution in [3.05, 3.63) is 39.0 Å². The number of amides is 1. The molecular formula is C14H14N2O3S2. The van der Waals surface area contributed by atoms with Gasteiger partial charge in [-0.05, 0) is 42.3 Å². The third-order valence-electron chi connectivity index (χ3n) is 2.46. The minimum Gasteiger partial charge on any atom is -0.462 e. The van der Waals surface area contributed by atoms with Crippen LogP contribution in [0.3, 0.4) is 0 Å². The standard InChI is InChI=1S/C14H14N2O3S2/c1-3-19-13(18)12-9(2)15-14(21-12)16-11(17)5-4-10-6-7-20-8-10/h4-8H,3H2,1-2H3,(H,15,16,17)/b5-4+. The summed E-state index contributed by atoms with van der Waals surface area (Å²) in [6.45, 7) is 3.76. The summed E-state index contributed by atoms with van der Waals surface area (Å²) in [7, 11) is 0. The number of anilines is 1. The number of nitrogens with one attached hydrogen (secondary N) is 1. The molecule has 5 nitrogen and oxygen atoms in total. The fourth-order valence-electron chi connectivity index (χ4n) is 1.52. The van der Waals surface area contributed by atoms with Gasteiger partial charge in [0.15, 0.2) is 5.13 Å². The monoisotopic (exact) mass is 322 g/mol. The van der Waals surface area contributed by atoms with Gasteiger partial charge in [-0.25, -0.2) is 9.78 Å². The molecule has 0 spiro atoms. The average Bonchev–Trinajstić information content (AvgIpc) is 3.06. The Morgan fingerprint density at radius 1 is 1.48 bits per heavy atom. The number of thiazole rings is 1. The van der Waals surface area contributed by atoms with E-state index in [2.05, 4.69) is 10.3 Å². The summed E-state index contributed by atoms with van der Waals surface area (Å²) in [5.74, 6) is -0.702. The van der Waals surface area contributed by atoms with E-state index in [1.165, 1.54) is 6.08 Å². The second kappa shape index (κ2) is 7.14. The molecule has 7 heteroatoms. The number of esters is 1. The van der Waals surface area contributed by atoms with E-state index in [1.54, 1.807) is 31.3 Å². The van der Waals surface area contributed by atoms with Gasteiger partial charge in [-0.15, -0.1) is 0 Å². The predicted molar refractivity (Wildman–Crippen MR) is 84.8 cm³/mol. The van der Waals surface area contributed by atoms with Crippen LogP contribution in [0.2, 0.25) is 0 Å². The lowest BCUT2D eigenvalue weighted by atomic mass is 10.3. The van der Waals surface area contributed by atoms with Gasteiger partial charge < -0.3 is 4.74 Å². The van der Waals surface area contributed by atoms with Crippen molar-refractivity contribution in [3.8, 4) is 0 Å². The normalized spacial score (nSPS) is 10.8. The van der Waals surface area contributed by atoms with Gasteiger partial charge in [0.1, 0.15) is 4.88 Å². The van der Waals surface area contributed by atoms with E-state index in [9.17, 15) is 9.59 Å². The Labute approximate surface area is 130 Å². The van der Waals surface area contributed by atoms with Gasteiger partial charge in [0.2, 0.25) is 5.91 Å². The van der Waals surface area contributed by atoms with Crippen molar-refractivity contribution >= 4 is 45.8 Å². The quantitative estimate of drug-likeness (QED) is 0.677. The van der Waals surface area contributed by atoms with Crippen molar-refractivity contribution in [2.75, 3.05) is 11.9 Å². The van der Waals surface area contributed by atoms with Crippen molar-refractivity contribution in [2.24, 2.45) is 0 Å². The number of nitrogens with zero attached hydrogens (tertiary/aromatic N) is 1. The number of ether oxygens (including phenoxy) is 1. The van der Waals surface area contributed by atoms with Crippen LogP contribution in [-0.2, 0) is 9.53 Å². The first-order chi connectivity index (χ1) is 10.1. The summed E-state index contributed by atoms with van der Waals surface area (Å²) in [5, 5.41) is 6.90. The third-order valence-corrected chi connectivity index (χ3v) is 4.21. The zero-order chi connectivity index (χ0) is 15.2. The largest absolute Gasteiger partial charge is 0.462 e. The molecule has 2 heterocycles.